The molecule has 1 N–H and O–H groups in total. The third-order valence-corrected chi connectivity index (χ3v) is 4.80. The Balaban J connectivity index is 1.68. The molecule has 1 amide bonds. The number of rotatable bonds is 6. The number of aryl methyl sites for hydroxylation is 2. The van der Waals surface area contributed by atoms with Gasteiger partial charge in [0.2, 0.25) is 0 Å². The first-order chi connectivity index (χ1) is 13.8. The molecule has 0 radical (unpaired) electrons. The second-order valence-electron chi connectivity index (χ2n) is 6.80. The van der Waals surface area contributed by atoms with Crippen molar-refractivity contribution in [1.82, 2.24) is 9.78 Å². The summed E-state index contributed by atoms with van der Waals surface area (Å²) in [6.07, 6.45) is -0.989. The second kappa shape index (κ2) is 8.92. The average Bonchev–Trinajstić information content (AvgIpc) is 2.97. The lowest BCUT2D eigenvalue weighted by Gasteiger charge is -2.13. The van der Waals surface area contributed by atoms with Gasteiger partial charge in [-0.15, -0.1) is 0 Å². The summed E-state index contributed by atoms with van der Waals surface area (Å²) in [7, 11) is 0. The Morgan fingerprint density at radius 2 is 1.76 bits per heavy atom. The smallest absolute Gasteiger partial charge is 0.343 e. The highest BCUT2D eigenvalue weighted by Gasteiger charge is 2.25. The van der Waals surface area contributed by atoms with Gasteiger partial charge < -0.3 is 10.1 Å². The number of carbonyl (C=O) groups is 2. The van der Waals surface area contributed by atoms with Crippen LogP contribution in [0.4, 0.5) is 5.69 Å². The normalized spacial score (nSPS) is 11.7. The molecule has 150 valence electrons. The van der Waals surface area contributed by atoms with E-state index in [1.807, 2.05) is 49.4 Å². The summed E-state index contributed by atoms with van der Waals surface area (Å²) >= 11 is 6.38. The van der Waals surface area contributed by atoms with Gasteiger partial charge in [-0.05, 0) is 38.5 Å². The molecule has 0 bridgehead atoms. The molecule has 3 aromatic rings. The molecular weight excluding hydrogens is 390 g/mol. The molecular formula is C22H22ClN3O3. The van der Waals surface area contributed by atoms with Gasteiger partial charge in [0.25, 0.3) is 5.91 Å². The third-order valence-electron chi connectivity index (χ3n) is 4.42. The number of anilines is 1. The van der Waals surface area contributed by atoms with Crippen LogP contribution in [-0.2, 0) is 16.1 Å². The summed E-state index contributed by atoms with van der Waals surface area (Å²) in [6, 6.07) is 17.0. The lowest BCUT2D eigenvalue weighted by atomic mass is 10.2. The lowest BCUT2D eigenvalue weighted by molar-refractivity contribution is -0.123. The van der Waals surface area contributed by atoms with Crippen molar-refractivity contribution in [2.45, 2.75) is 33.4 Å². The van der Waals surface area contributed by atoms with Crippen molar-refractivity contribution < 1.29 is 14.3 Å². The number of amides is 1. The number of benzene rings is 2. The van der Waals surface area contributed by atoms with E-state index < -0.39 is 18.0 Å². The molecule has 0 fully saturated rings. The topological polar surface area (TPSA) is 73.2 Å². The van der Waals surface area contributed by atoms with Gasteiger partial charge in [-0.2, -0.15) is 5.10 Å². The maximum absolute atomic E-state index is 12.6. The van der Waals surface area contributed by atoms with Gasteiger partial charge in [0.05, 0.1) is 12.2 Å². The fourth-order valence-electron chi connectivity index (χ4n) is 2.80. The van der Waals surface area contributed by atoms with Crippen LogP contribution in [0.2, 0.25) is 5.15 Å². The van der Waals surface area contributed by atoms with Crippen LogP contribution >= 0.6 is 11.6 Å². The molecule has 3 rings (SSSR count). The zero-order valence-electron chi connectivity index (χ0n) is 16.5. The lowest BCUT2D eigenvalue weighted by Crippen LogP contribution is -2.30. The third kappa shape index (κ3) is 5.03. The highest BCUT2D eigenvalue weighted by Crippen LogP contribution is 2.22. The SMILES string of the molecule is Cc1ccc(NC(=O)[C@H](C)OC(=O)c2c(C)nn(Cc3ccccc3)c2Cl)cc1. The van der Waals surface area contributed by atoms with Gasteiger partial charge >= 0.3 is 5.97 Å². The first kappa shape index (κ1) is 20.6. The number of ether oxygens (including phenoxy) is 1. The van der Waals surface area contributed by atoms with Gasteiger partial charge in [-0.25, -0.2) is 9.48 Å². The van der Waals surface area contributed by atoms with Gasteiger partial charge in [0.15, 0.2) is 6.10 Å². The number of nitrogens with zero attached hydrogens (tertiary/aromatic N) is 2. The molecule has 0 aliphatic heterocycles. The monoisotopic (exact) mass is 411 g/mol. The van der Waals surface area contributed by atoms with Crippen LogP contribution in [0.25, 0.3) is 0 Å². The molecule has 0 aliphatic carbocycles. The van der Waals surface area contributed by atoms with E-state index in [4.69, 9.17) is 16.3 Å². The molecule has 0 aliphatic rings. The molecule has 7 heteroatoms. The average molecular weight is 412 g/mol. The fourth-order valence-corrected chi connectivity index (χ4v) is 3.11. The zero-order chi connectivity index (χ0) is 21.0. The Morgan fingerprint density at radius 1 is 1.10 bits per heavy atom. The molecule has 0 spiro atoms. The van der Waals surface area contributed by atoms with E-state index in [0.29, 0.717) is 17.9 Å². The first-order valence-electron chi connectivity index (χ1n) is 9.20. The number of nitrogens with one attached hydrogen (secondary N) is 1. The molecule has 1 aromatic heterocycles. The van der Waals surface area contributed by atoms with Crippen LogP contribution in [0, 0.1) is 13.8 Å². The van der Waals surface area contributed by atoms with Gasteiger partial charge in [0.1, 0.15) is 10.7 Å². The minimum Gasteiger partial charge on any atom is -0.449 e. The van der Waals surface area contributed by atoms with Crippen molar-refractivity contribution in [2.24, 2.45) is 0 Å². The summed E-state index contributed by atoms with van der Waals surface area (Å²) < 4.78 is 6.87. The van der Waals surface area contributed by atoms with Crippen LogP contribution in [0.5, 0.6) is 0 Å². The zero-order valence-corrected chi connectivity index (χ0v) is 17.2. The maximum atomic E-state index is 12.6. The molecule has 6 nitrogen and oxygen atoms in total. The van der Waals surface area contributed by atoms with E-state index in [1.165, 1.54) is 6.92 Å². The van der Waals surface area contributed by atoms with Crippen molar-refractivity contribution >= 4 is 29.2 Å². The largest absolute Gasteiger partial charge is 0.449 e. The van der Waals surface area contributed by atoms with E-state index in [9.17, 15) is 9.59 Å². The quantitative estimate of drug-likeness (QED) is 0.610. The van der Waals surface area contributed by atoms with Gasteiger partial charge in [-0.1, -0.05) is 59.6 Å². The van der Waals surface area contributed by atoms with Crippen molar-refractivity contribution in [3.8, 4) is 0 Å². The molecule has 0 saturated carbocycles. The minimum atomic E-state index is -0.989. The van der Waals surface area contributed by atoms with Crippen LogP contribution in [0.15, 0.2) is 54.6 Å². The summed E-state index contributed by atoms with van der Waals surface area (Å²) in [5.74, 6) is -1.11. The highest BCUT2D eigenvalue weighted by molar-refractivity contribution is 6.32. The van der Waals surface area contributed by atoms with Crippen LogP contribution in [0.3, 0.4) is 0 Å². The fraction of sp³-hybridized carbons (Fsp3) is 0.227. The Hall–Kier alpha value is -3.12. The molecule has 1 atom stereocenters. The van der Waals surface area contributed by atoms with E-state index >= 15 is 0 Å². The predicted octanol–water partition coefficient (Wildman–Crippen LogP) is 4.39. The van der Waals surface area contributed by atoms with Crippen molar-refractivity contribution in [3.63, 3.8) is 0 Å². The predicted molar refractivity (Wildman–Crippen MR) is 112 cm³/mol. The van der Waals surface area contributed by atoms with E-state index in [2.05, 4.69) is 10.4 Å². The molecule has 1 heterocycles. The molecule has 0 unspecified atom stereocenters. The number of aromatic nitrogens is 2. The number of hydrogen-bond donors (Lipinski definition) is 1. The number of carbonyl (C=O) groups excluding carboxylic acids is 2. The van der Waals surface area contributed by atoms with Crippen molar-refractivity contribution in [1.29, 1.82) is 0 Å². The first-order valence-corrected chi connectivity index (χ1v) is 9.58. The standard InChI is InChI=1S/C22H22ClN3O3/c1-14-9-11-18(12-10-14)24-21(27)16(3)29-22(28)19-15(2)25-26(20(19)23)13-17-7-5-4-6-8-17/h4-12,16H,13H2,1-3H3,(H,24,27)/t16-/m0/s1. The van der Waals surface area contributed by atoms with E-state index in [1.54, 1.807) is 23.7 Å². The number of hydrogen-bond acceptors (Lipinski definition) is 4. The van der Waals surface area contributed by atoms with Crippen molar-refractivity contribution in [2.75, 3.05) is 5.32 Å². The summed E-state index contributed by atoms with van der Waals surface area (Å²) in [5.41, 5.74) is 3.33. The second-order valence-corrected chi connectivity index (χ2v) is 7.16. The Labute approximate surface area is 174 Å². The van der Waals surface area contributed by atoms with Crippen LogP contribution in [-0.4, -0.2) is 27.8 Å². The highest BCUT2D eigenvalue weighted by atomic mass is 35.5. The minimum absolute atomic E-state index is 0.164. The maximum Gasteiger partial charge on any atom is 0.343 e. The molecule has 2 aromatic carbocycles. The molecule has 0 saturated heterocycles. The van der Waals surface area contributed by atoms with Gasteiger partial charge in [0, 0.05) is 5.69 Å². The summed E-state index contributed by atoms with van der Waals surface area (Å²) in [6.45, 7) is 5.58. The summed E-state index contributed by atoms with van der Waals surface area (Å²) in [4.78, 5) is 25.0. The number of halogens is 1. The van der Waals surface area contributed by atoms with E-state index in [0.717, 1.165) is 11.1 Å². The Bertz CT molecular complexity index is 1010. The Morgan fingerprint density at radius 3 is 2.41 bits per heavy atom. The van der Waals surface area contributed by atoms with Crippen molar-refractivity contribution in [3.05, 3.63) is 82.1 Å². The van der Waals surface area contributed by atoms with Crippen LogP contribution < -0.4 is 5.32 Å². The summed E-state index contributed by atoms with van der Waals surface area (Å²) in [5, 5.41) is 7.24. The Kier molecular flexibility index (Phi) is 6.34. The number of esters is 1. The van der Waals surface area contributed by atoms with Gasteiger partial charge in [-0.3, -0.25) is 4.79 Å². The van der Waals surface area contributed by atoms with E-state index in [-0.39, 0.29) is 10.7 Å². The van der Waals surface area contributed by atoms with Crippen LogP contribution in [0.1, 0.15) is 34.1 Å². The molecule has 29 heavy (non-hydrogen) atoms.